The summed E-state index contributed by atoms with van der Waals surface area (Å²) in [6.07, 6.45) is 1.94. The Bertz CT molecular complexity index is 246. The van der Waals surface area contributed by atoms with Crippen LogP contribution >= 0.6 is 15.9 Å². The van der Waals surface area contributed by atoms with Crippen LogP contribution in [-0.4, -0.2) is 6.54 Å². The third kappa shape index (κ3) is 3.46. The van der Waals surface area contributed by atoms with Crippen molar-refractivity contribution in [3.63, 3.8) is 0 Å². The van der Waals surface area contributed by atoms with Crippen LogP contribution in [0.2, 0.25) is 0 Å². The van der Waals surface area contributed by atoms with Gasteiger partial charge in [0.05, 0.1) is 0 Å². The van der Waals surface area contributed by atoms with Gasteiger partial charge in [-0.25, -0.2) is 0 Å². The maximum atomic E-state index is 5.96. The van der Waals surface area contributed by atoms with E-state index in [0.29, 0.717) is 6.54 Å². The molecule has 0 saturated heterocycles. The van der Waals surface area contributed by atoms with Gasteiger partial charge in [-0.3, -0.25) is 0 Å². The van der Waals surface area contributed by atoms with E-state index < -0.39 is 0 Å². The highest BCUT2D eigenvalue weighted by atomic mass is 79.9. The minimum absolute atomic E-state index is 0.122. The summed E-state index contributed by atoms with van der Waals surface area (Å²) < 4.78 is 1.09. The molecule has 0 aromatic heterocycles. The van der Waals surface area contributed by atoms with Crippen LogP contribution in [0, 0.1) is 0 Å². The van der Waals surface area contributed by atoms with Crippen molar-refractivity contribution in [2.75, 3.05) is 6.54 Å². The predicted octanol–water partition coefficient (Wildman–Crippen LogP) is 2.19. The monoisotopic (exact) mass is 242 g/mol. The Balaban J connectivity index is 2.55. The Hall–Kier alpha value is -0.380. The molecule has 1 aromatic carbocycles. The third-order valence-corrected chi connectivity index (χ3v) is 2.55. The van der Waals surface area contributed by atoms with Crippen LogP contribution in [0.15, 0.2) is 28.7 Å². The van der Waals surface area contributed by atoms with Crippen LogP contribution in [-0.2, 0) is 0 Å². The summed E-state index contributed by atoms with van der Waals surface area (Å²) in [5.41, 5.74) is 12.6. The van der Waals surface area contributed by atoms with Gasteiger partial charge in [-0.2, -0.15) is 0 Å². The lowest BCUT2D eigenvalue weighted by Gasteiger charge is -2.10. The van der Waals surface area contributed by atoms with Crippen molar-refractivity contribution in [3.8, 4) is 0 Å². The maximum absolute atomic E-state index is 5.96. The van der Waals surface area contributed by atoms with Crippen LogP contribution in [0.25, 0.3) is 0 Å². The average Bonchev–Trinajstić information content (AvgIpc) is 2.15. The molecule has 1 aromatic rings. The first-order valence-electron chi connectivity index (χ1n) is 4.45. The molecule has 0 spiro atoms. The number of hydrogen-bond acceptors (Lipinski definition) is 2. The van der Waals surface area contributed by atoms with Gasteiger partial charge in [-0.1, -0.05) is 28.1 Å². The van der Waals surface area contributed by atoms with Gasteiger partial charge in [0.1, 0.15) is 0 Å². The average molecular weight is 243 g/mol. The van der Waals surface area contributed by atoms with Crippen molar-refractivity contribution in [1.29, 1.82) is 0 Å². The zero-order chi connectivity index (χ0) is 9.68. The molecule has 13 heavy (non-hydrogen) atoms. The second-order valence-electron chi connectivity index (χ2n) is 3.09. The van der Waals surface area contributed by atoms with Gasteiger partial charge in [0, 0.05) is 10.5 Å². The molecule has 0 heterocycles. The predicted molar refractivity (Wildman–Crippen MR) is 59.4 cm³/mol. The zero-order valence-electron chi connectivity index (χ0n) is 7.54. The van der Waals surface area contributed by atoms with Gasteiger partial charge in [-0.05, 0) is 37.1 Å². The molecular formula is C10H15BrN2. The molecule has 0 amide bonds. The lowest BCUT2D eigenvalue weighted by Crippen LogP contribution is -2.12. The second kappa shape index (κ2) is 5.37. The molecule has 0 aliphatic carbocycles. The molecule has 3 heteroatoms. The SMILES string of the molecule is NCCC[C@H](N)c1ccc(Br)cc1. The summed E-state index contributed by atoms with van der Waals surface area (Å²) in [6, 6.07) is 8.24. The standard InChI is InChI=1S/C10H15BrN2/c11-9-5-3-8(4-6-9)10(13)2-1-7-12/h3-6,10H,1-2,7,12-13H2/t10-/m0/s1. The summed E-state index contributed by atoms with van der Waals surface area (Å²) in [5, 5.41) is 0. The van der Waals surface area contributed by atoms with Crippen molar-refractivity contribution >= 4 is 15.9 Å². The van der Waals surface area contributed by atoms with Gasteiger partial charge in [0.2, 0.25) is 0 Å². The van der Waals surface area contributed by atoms with Crippen LogP contribution in [0.4, 0.5) is 0 Å². The zero-order valence-corrected chi connectivity index (χ0v) is 9.13. The van der Waals surface area contributed by atoms with Crippen molar-refractivity contribution in [2.24, 2.45) is 11.5 Å². The summed E-state index contributed by atoms with van der Waals surface area (Å²) in [7, 11) is 0. The van der Waals surface area contributed by atoms with E-state index >= 15 is 0 Å². The largest absolute Gasteiger partial charge is 0.330 e. The van der Waals surface area contributed by atoms with E-state index in [1.165, 1.54) is 5.56 Å². The highest BCUT2D eigenvalue weighted by molar-refractivity contribution is 9.10. The van der Waals surface area contributed by atoms with Crippen molar-refractivity contribution in [1.82, 2.24) is 0 Å². The number of nitrogens with two attached hydrogens (primary N) is 2. The van der Waals surface area contributed by atoms with Crippen LogP contribution in [0.1, 0.15) is 24.4 Å². The van der Waals surface area contributed by atoms with Crippen molar-refractivity contribution in [3.05, 3.63) is 34.3 Å². The van der Waals surface area contributed by atoms with Crippen LogP contribution in [0.3, 0.4) is 0 Å². The topological polar surface area (TPSA) is 52.0 Å². The van der Waals surface area contributed by atoms with E-state index in [4.69, 9.17) is 11.5 Å². The molecule has 0 bridgehead atoms. The van der Waals surface area contributed by atoms with Crippen LogP contribution in [0.5, 0.6) is 0 Å². The quantitative estimate of drug-likeness (QED) is 0.851. The molecule has 0 unspecified atom stereocenters. The Morgan fingerprint density at radius 1 is 1.23 bits per heavy atom. The molecule has 0 fully saturated rings. The fraction of sp³-hybridized carbons (Fsp3) is 0.400. The van der Waals surface area contributed by atoms with Gasteiger partial charge >= 0.3 is 0 Å². The van der Waals surface area contributed by atoms with E-state index in [0.717, 1.165) is 17.3 Å². The molecule has 0 aliphatic rings. The van der Waals surface area contributed by atoms with Gasteiger partial charge in [-0.15, -0.1) is 0 Å². The minimum Gasteiger partial charge on any atom is -0.330 e. The Labute approximate surface area is 87.4 Å². The van der Waals surface area contributed by atoms with E-state index in [1.807, 2.05) is 24.3 Å². The van der Waals surface area contributed by atoms with Crippen molar-refractivity contribution in [2.45, 2.75) is 18.9 Å². The smallest absolute Gasteiger partial charge is 0.0295 e. The highest BCUT2D eigenvalue weighted by Gasteiger charge is 2.03. The number of rotatable bonds is 4. The lowest BCUT2D eigenvalue weighted by atomic mass is 10.0. The molecule has 72 valence electrons. The van der Waals surface area contributed by atoms with Gasteiger partial charge in [0.25, 0.3) is 0 Å². The van der Waals surface area contributed by atoms with Crippen molar-refractivity contribution < 1.29 is 0 Å². The molecule has 0 saturated carbocycles. The number of halogens is 1. The lowest BCUT2D eigenvalue weighted by molar-refractivity contribution is 0.618. The first kappa shape index (κ1) is 10.7. The van der Waals surface area contributed by atoms with E-state index in [2.05, 4.69) is 15.9 Å². The second-order valence-corrected chi connectivity index (χ2v) is 4.00. The minimum atomic E-state index is 0.122. The summed E-state index contributed by atoms with van der Waals surface area (Å²) in [4.78, 5) is 0. The van der Waals surface area contributed by atoms with E-state index in [9.17, 15) is 0 Å². The summed E-state index contributed by atoms with van der Waals surface area (Å²) >= 11 is 3.39. The molecule has 1 rings (SSSR count). The summed E-state index contributed by atoms with van der Waals surface area (Å²) in [5.74, 6) is 0. The van der Waals surface area contributed by atoms with E-state index in [1.54, 1.807) is 0 Å². The Morgan fingerprint density at radius 2 is 1.85 bits per heavy atom. The molecule has 0 radical (unpaired) electrons. The molecular weight excluding hydrogens is 228 g/mol. The van der Waals surface area contributed by atoms with Gasteiger partial charge in [0.15, 0.2) is 0 Å². The third-order valence-electron chi connectivity index (χ3n) is 2.02. The van der Waals surface area contributed by atoms with Gasteiger partial charge < -0.3 is 11.5 Å². The molecule has 0 aliphatic heterocycles. The highest BCUT2D eigenvalue weighted by Crippen LogP contribution is 2.18. The summed E-state index contributed by atoms with van der Waals surface area (Å²) in [6.45, 7) is 0.713. The first-order valence-corrected chi connectivity index (χ1v) is 5.24. The normalized spacial score (nSPS) is 12.8. The fourth-order valence-corrected chi connectivity index (χ4v) is 1.48. The Morgan fingerprint density at radius 3 is 2.38 bits per heavy atom. The maximum Gasteiger partial charge on any atom is 0.0295 e. The van der Waals surface area contributed by atoms with E-state index in [-0.39, 0.29) is 6.04 Å². The molecule has 2 nitrogen and oxygen atoms in total. The van der Waals surface area contributed by atoms with Crippen LogP contribution < -0.4 is 11.5 Å². The first-order chi connectivity index (χ1) is 6.24. The Kier molecular flexibility index (Phi) is 4.42. The number of benzene rings is 1. The molecule has 1 atom stereocenters. The fourth-order valence-electron chi connectivity index (χ4n) is 1.21. The molecule has 4 N–H and O–H groups in total. The number of hydrogen-bond donors (Lipinski definition) is 2.